The van der Waals surface area contributed by atoms with Crippen LogP contribution in [0.4, 0.5) is 0 Å². The molecule has 0 amide bonds. The molecule has 2 unspecified atom stereocenters. The Morgan fingerprint density at radius 2 is 2.41 bits per heavy atom. The molecule has 1 aromatic rings. The largest absolute Gasteiger partial charge is 0.316 e. The number of hydrogen-bond acceptors (Lipinski definition) is 3. The van der Waals surface area contributed by atoms with Gasteiger partial charge in [-0.2, -0.15) is 16.9 Å². The van der Waals surface area contributed by atoms with Crippen LogP contribution in [0.3, 0.4) is 0 Å². The van der Waals surface area contributed by atoms with Crippen LogP contribution in [0.25, 0.3) is 0 Å². The van der Waals surface area contributed by atoms with Crippen molar-refractivity contribution in [3.05, 3.63) is 16.4 Å². The lowest BCUT2D eigenvalue weighted by Crippen LogP contribution is -2.36. The average molecular weight is 274 g/mol. The molecule has 17 heavy (non-hydrogen) atoms. The van der Waals surface area contributed by atoms with E-state index in [0.717, 1.165) is 28.7 Å². The van der Waals surface area contributed by atoms with Gasteiger partial charge in [0.15, 0.2) is 0 Å². The molecule has 1 aliphatic heterocycles. The molecule has 1 aliphatic rings. The van der Waals surface area contributed by atoms with Crippen molar-refractivity contribution >= 4 is 23.4 Å². The number of aromatic nitrogens is 2. The number of rotatable bonds is 4. The third-order valence-corrected chi connectivity index (χ3v) is 5.26. The van der Waals surface area contributed by atoms with Crippen LogP contribution < -0.4 is 5.32 Å². The maximum absolute atomic E-state index is 6.31. The maximum atomic E-state index is 6.31. The van der Waals surface area contributed by atoms with Crippen molar-refractivity contribution in [1.29, 1.82) is 0 Å². The summed E-state index contributed by atoms with van der Waals surface area (Å²) in [6.07, 6.45) is 2.28. The van der Waals surface area contributed by atoms with E-state index in [1.54, 1.807) is 0 Å². The monoisotopic (exact) mass is 273 g/mol. The molecule has 2 rings (SSSR count). The summed E-state index contributed by atoms with van der Waals surface area (Å²) in [6, 6.07) is 0.511. The molecule has 96 valence electrons. The van der Waals surface area contributed by atoms with E-state index in [9.17, 15) is 0 Å². The average Bonchev–Trinajstić information content (AvgIpc) is 2.89. The summed E-state index contributed by atoms with van der Waals surface area (Å²) in [5.74, 6) is 3.32. The van der Waals surface area contributed by atoms with Crippen molar-refractivity contribution in [2.24, 2.45) is 13.0 Å². The summed E-state index contributed by atoms with van der Waals surface area (Å²) in [7, 11) is 4.02. The number of aryl methyl sites for hydroxylation is 2. The van der Waals surface area contributed by atoms with Crippen molar-refractivity contribution in [3.8, 4) is 0 Å². The molecular formula is C12H20ClN3S. The fraction of sp³-hybridized carbons (Fsp3) is 0.750. The lowest BCUT2D eigenvalue weighted by atomic mass is 9.95. The summed E-state index contributed by atoms with van der Waals surface area (Å²) in [6.45, 7) is 1.96. The third-order valence-electron chi connectivity index (χ3n) is 3.58. The van der Waals surface area contributed by atoms with E-state index in [1.165, 1.54) is 17.9 Å². The minimum Gasteiger partial charge on any atom is -0.316 e. The Hall–Kier alpha value is -0.190. The Kier molecular flexibility index (Phi) is 4.39. The van der Waals surface area contributed by atoms with E-state index >= 15 is 0 Å². The first kappa shape index (κ1) is 13.2. The molecule has 1 saturated heterocycles. The highest BCUT2D eigenvalue weighted by molar-refractivity contribution is 7.99. The van der Waals surface area contributed by atoms with Crippen LogP contribution in [-0.4, -0.2) is 34.4 Å². The summed E-state index contributed by atoms with van der Waals surface area (Å²) in [4.78, 5) is 0. The molecule has 2 atom stereocenters. The first-order valence-corrected chi connectivity index (χ1v) is 7.59. The lowest BCUT2D eigenvalue weighted by molar-refractivity contribution is 0.396. The number of hydrogen-bond donors (Lipinski definition) is 1. The summed E-state index contributed by atoms with van der Waals surface area (Å²) in [5.41, 5.74) is 2.08. The van der Waals surface area contributed by atoms with Crippen LogP contribution in [0, 0.1) is 12.8 Å². The zero-order valence-corrected chi connectivity index (χ0v) is 12.2. The van der Waals surface area contributed by atoms with Gasteiger partial charge in [-0.05, 0) is 37.8 Å². The van der Waals surface area contributed by atoms with Gasteiger partial charge in [-0.15, -0.1) is 0 Å². The molecule has 5 heteroatoms. The zero-order chi connectivity index (χ0) is 12.4. The highest BCUT2D eigenvalue weighted by Crippen LogP contribution is 2.29. The van der Waals surface area contributed by atoms with E-state index in [1.807, 2.05) is 25.7 Å². The SMILES string of the molecule is CNC(Cc1c(Cl)c(C)nn1C)C1CCSC1. The van der Waals surface area contributed by atoms with Crippen molar-refractivity contribution in [2.45, 2.75) is 25.8 Å². The molecule has 0 radical (unpaired) electrons. The molecule has 1 fully saturated rings. The van der Waals surface area contributed by atoms with Gasteiger partial charge in [0.1, 0.15) is 0 Å². The number of nitrogens with one attached hydrogen (secondary N) is 1. The highest BCUT2D eigenvalue weighted by Gasteiger charge is 2.26. The molecule has 0 aromatic carbocycles. The topological polar surface area (TPSA) is 29.9 Å². The fourth-order valence-corrected chi connectivity index (χ4v) is 4.06. The van der Waals surface area contributed by atoms with Gasteiger partial charge in [0.2, 0.25) is 0 Å². The first-order chi connectivity index (χ1) is 8.13. The van der Waals surface area contributed by atoms with Crippen LogP contribution in [-0.2, 0) is 13.5 Å². The normalized spacial score (nSPS) is 22.0. The molecule has 1 aromatic heterocycles. The summed E-state index contributed by atoms with van der Waals surface area (Å²) >= 11 is 8.36. The smallest absolute Gasteiger partial charge is 0.0847 e. The van der Waals surface area contributed by atoms with Crippen molar-refractivity contribution in [2.75, 3.05) is 18.6 Å². The summed E-state index contributed by atoms with van der Waals surface area (Å²) in [5, 5.41) is 8.65. The molecule has 0 spiro atoms. The number of thioether (sulfide) groups is 1. The maximum Gasteiger partial charge on any atom is 0.0847 e. The van der Waals surface area contributed by atoms with E-state index in [4.69, 9.17) is 11.6 Å². The molecular weight excluding hydrogens is 254 g/mol. The first-order valence-electron chi connectivity index (χ1n) is 6.06. The minimum atomic E-state index is 0.511. The van der Waals surface area contributed by atoms with Gasteiger partial charge in [-0.3, -0.25) is 4.68 Å². The van der Waals surface area contributed by atoms with Gasteiger partial charge >= 0.3 is 0 Å². The second kappa shape index (κ2) is 5.63. The second-order valence-corrected chi connectivity index (χ2v) is 6.22. The molecule has 0 aliphatic carbocycles. The van der Waals surface area contributed by atoms with Gasteiger partial charge in [0.25, 0.3) is 0 Å². The van der Waals surface area contributed by atoms with Gasteiger partial charge in [0.05, 0.1) is 16.4 Å². The lowest BCUT2D eigenvalue weighted by Gasteiger charge is -2.22. The van der Waals surface area contributed by atoms with Crippen LogP contribution >= 0.6 is 23.4 Å². The van der Waals surface area contributed by atoms with Crippen LogP contribution in [0.2, 0.25) is 5.02 Å². The second-order valence-electron chi connectivity index (χ2n) is 4.69. The predicted octanol–water partition coefficient (Wildman–Crippen LogP) is 2.27. The Bertz CT molecular complexity index is 385. The molecule has 1 N–H and O–H groups in total. The van der Waals surface area contributed by atoms with E-state index < -0.39 is 0 Å². The van der Waals surface area contributed by atoms with Gasteiger partial charge < -0.3 is 5.32 Å². The highest BCUT2D eigenvalue weighted by atomic mass is 35.5. The van der Waals surface area contributed by atoms with Crippen LogP contribution in [0.5, 0.6) is 0 Å². The minimum absolute atomic E-state index is 0.511. The Labute approximate surface area is 112 Å². The molecule has 0 bridgehead atoms. The Morgan fingerprint density at radius 1 is 1.65 bits per heavy atom. The van der Waals surface area contributed by atoms with Gasteiger partial charge in [-0.25, -0.2) is 0 Å². The molecule has 0 saturated carbocycles. The van der Waals surface area contributed by atoms with E-state index in [-0.39, 0.29) is 0 Å². The van der Waals surface area contributed by atoms with Crippen LogP contribution in [0.15, 0.2) is 0 Å². The zero-order valence-electron chi connectivity index (χ0n) is 10.7. The van der Waals surface area contributed by atoms with E-state index in [0.29, 0.717) is 6.04 Å². The number of nitrogens with zero attached hydrogens (tertiary/aromatic N) is 2. The van der Waals surface area contributed by atoms with Crippen molar-refractivity contribution in [3.63, 3.8) is 0 Å². The number of likely N-dealkylation sites (N-methyl/N-ethyl adjacent to an activating group) is 1. The summed E-state index contributed by atoms with van der Waals surface area (Å²) < 4.78 is 1.92. The standard InChI is InChI=1S/C12H20ClN3S/c1-8-12(13)11(16(3)15-8)6-10(14-2)9-4-5-17-7-9/h9-10,14H,4-7H2,1-3H3. The predicted molar refractivity (Wildman–Crippen MR) is 74.9 cm³/mol. The fourth-order valence-electron chi connectivity index (χ4n) is 2.48. The number of halogens is 1. The third kappa shape index (κ3) is 2.80. The van der Waals surface area contributed by atoms with Gasteiger partial charge in [-0.1, -0.05) is 11.6 Å². The Morgan fingerprint density at radius 3 is 2.88 bits per heavy atom. The molecule has 3 nitrogen and oxygen atoms in total. The van der Waals surface area contributed by atoms with Gasteiger partial charge in [0, 0.05) is 19.5 Å². The van der Waals surface area contributed by atoms with Crippen molar-refractivity contribution in [1.82, 2.24) is 15.1 Å². The quantitative estimate of drug-likeness (QED) is 0.913. The van der Waals surface area contributed by atoms with Crippen LogP contribution in [0.1, 0.15) is 17.8 Å². The van der Waals surface area contributed by atoms with Crippen molar-refractivity contribution < 1.29 is 0 Å². The Balaban J connectivity index is 2.12. The van der Waals surface area contributed by atoms with E-state index in [2.05, 4.69) is 22.2 Å². The molecule has 2 heterocycles.